The van der Waals surface area contributed by atoms with Crippen LogP contribution in [0.25, 0.3) is 10.8 Å². The molecule has 1 N–H and O–H groups in total. The van der Waals surface area contributed by atoms with E-state index in [1.807, 2.05) is 30.3 Å². The lowest BCUT2D eigenvalue weighted by Gasteiger charge is -2.01. The molecule has 1 heterocycles. The molecule has 0 aliphatic carbocycles. The van der Waals surface area contributed by atoms with Gasteiger partial charge in [0.25, 0.3) is 11.7 Å². The lowest BCUT2D eigenvalue weighted by molar-refractivity contribution is -0.112. The van der Waals surface area contributed by atoms with Crippen LogP contribution in [-0.4, -0.2) is 11.7 Å². The number of carbonyl (C=O) groups is 2. The molecule has 0 saturated heterocycles. The summed E-state index contributed by atoms with van der Waals surface area (Å²) in [5.41, 5.74) is 1.11. The quantitative estimate of drug-likeness (QED) is 0.656. The average Bonchev–Trinajstić information content (AvgIpc) is 2.55. The Kier molecular flexibility index (Phi) is 1.45. The van der Waals surface area contributed by atoms with Crippen molar-refractivity contribution in [1.82, 2.24) is 0 Å². The molecule has 3 nitrogen and oxygen atoms in total. The Hall–Kier alpha value is -2.16. The SMILES string of the molecule is O=C1Nc2ccc3ccccc3c2C1=O. The van der Waals surface area contributed by atoms with Crippen molar-refractivity contribution in [2.45, 2.75) is 0 Å². The number of fused-ring (bicyclic) bond motifs is 3. The molecular formula is C12H7NO2. The fourth-order valence-electron chi connectivity index (χ4n) is 1.91. The third kappa shape index (κ3) is 1.00. The average molecular weight is 197 g/mol. The van der Waals surface area contributed by atoms with Crippen LogP contribution in [0.4, 0.5) is 5.69 Å². The van der Waals surface area contributed by atoms with Gasteiger partial charge in [-0.2, -0.15) is 0 Å². The van der Waals surface area contributed by atoms with Gasteiger partial charge in [-0.3, -0.25) is 9.59 Å². The minimum atomic E-state index is -0.540. The molecule has 1 aliphatic rings. The van der Waals surface area contributed by atoms with Crippen molar-refractivity contribution in [3.63, 3.8) is 0 Å². The fourth-order valence-corrected chi connectivity index (χ4v) is 1.91. The Morgan fingerprint density at radius 1 is 0.933 bits per heavy atom. The van der Waals surface area contributed by atoms with E-state index in [-0.39, 0.29) is 0 Å². The van der Waals surface area contributed by atoms with Crippen molar-refractivity contribution in [2.75, 3.05) is 5.32 Å². The maximum atomic E-state index is 11.6. The zero-order valence-electron chi connectivity index (χ0n) is 7.78. The van der Waals surface area contributed by atoms with Crippen molar-refractivity contribution >= 4 is 28.2 Å². The van der Waals surface area contributed by atoms with E-state index in [4.69, 9.17) is 0 Å². The second-order valence-electron chi connectivity index (χ2n) is 3.49. The Bertz CT molecular complexity index is 602. The largest absolute Gasteiger partial charge is 0.318 e. The standard InChI is InChI=1S/C12H7NO2/c14-11-10-8-4-2-1-3-7(8)5-6-9(10)13-12(11)15/h1-6H,(H,13,14,15). The number of hydrogen-bond acceptors (Lipinski definition) is 2. The zero-order chi connectivity index (χ0) is 10.4. The van der Waals surface area contributed by atoms with E-state index in [9.17, 15) is 9.59 Å². The van der Waals surface area contributed by atoms with Gasteiger partial charge in [0, 0.05) is 0 Å². The number of nitrogens with one attached hydrogen (secondary N) is 1. The molecule has 0 radical (unpaired) electrons. The summed E-state index contributed by atoms with van der Waals surface area (Å²) < 4.78 is 0. The lowest BCUT2D eigenvalue weighted by atomic mass is 10.0. The summed E-state index contributed by atoms with van der Waals surface area (Å²) in [6, 6.07) is 11.2. The molecule has 0 atom stereocenters. The number of Topliss-reactive ketones (excluding diaryl/α,β-unsaturated/α-hetero) is 1. The van der Waals surface area contributed by atoms with E-state index in [1.54, 1.807) is 6.07 Å². The van der Waals surface area contributed by atoms with Crippen molar-refractivity contribution in [3.8, 4) is 0 Å². The Balaban J connectivity index is 2.45. The van der Waals surface area contributed by atoms with Gasteiger partial charge in [-0.1, -0.05) is 30.3 Å². The van der Waals surface area contributed by atoms with E-state index in [0.717, 1.165) is 10.8 Å². The number of benzene rings is 2. The number of ketones is 1. The first-order valence-corrected chi connectivity index (χ1v) is 4.65. The van der Waals surface area contributed by atoms with E-state index >= 15 is 0 Å². The monoisotopic (exact) mass is 197 g/mol. The lowest BCUT2D eigenvalue weighted by Crippen LogP contribution is -2.12. The van der Waals surface area contributed by atoms with E-state index in [0.29, 0.717) is 11.3 Å². The van der Waals surface area contributed by atoms with E-state index in [2.05, 4.69) is 5.32 Å². The molecular weight excluding hydrogens is 190 g/mol. The number of rotatable bonds is 0. The van der Waals surface area contributed by atoms with Gasteiger partial charge in [-0.05, 0) is 16.8 Å². The number of anilines is 1. The van der Waals surface area contributed by atoms with Crippen LogP contribution < -0.4 is 5.32 Å². The van der Waals surface area contributed by atoms with Crippen molar-refractivity contribution in [1.29, 1.82) is 0 Å². The first-order chi connectivity index (χ1) is 7.27. The van der Waals surface area contributed by atoms with E-state index in [1.165, 1.54) is 0 Å². The zero-order valence-corrected chi connectivity index (χ0v) is 7.78. The maximum Gasteiger partial charge on any atom is 0.296 e. The maximum absolute atomic E-state index is 11.6. The Morgan fingerprint density at radius 2 is 1.73 bits per heavy atom. The number of carbonyl (C=O) groups excluding carboxylic acids is 2. The highest BCUT2D eigenvalue weighted by Gasteiger charge is 2.29. The molecule has 0 spiro atoms. The molecule has 15 heavy (non-hydrogen) atoms. The molecule has 2 aromatic carbocycles. The second-order valence-corrected chi connectivity index (χ2v) is 3.49. The first-order valence-electron chi connectivity index (χ1n) is 4.65. The van der Waals surface area contributed by atoms with Gasteiger partial charge < -0.3 is 5.32 Å². The topological polar surface area (TPSA) is 46.2 Å². The van der Waals surface area contributed by atoms with Crippen LogP contribution in [0, 0.1) is 0 Å². The summed E-state index contributed by atoms with van der Waals surface area (Å²) in [4.78, 5) is 22.8. The summed E-state index contributed by atoms with van der Waals surface area (Å²) in [6.07, 6.45) is 0. The molecule has 2 aromatic rings. The summed E-state index contributed by atoms with van der Waals surface area (Å²) >= 11 is 0. The van der Waals surface area contributed by atoms with Gasteiger partial charge >= 0.3 is 0 Å². The highest BCUT2D eigenvalue weighted by Crippen LogP contribution is 2.30. The normalized spacial score (nSPS) is 14.1. The van der Waals surface area contributed by atoms with Crippen LogP contribution in [0.5, 0.6) is 0 Å². The van der Waals surface area contributed by atoms with Crippen LogP contribution in [0.1, 0.15) is 10.4 Å². The van der Waals surface area contributed by atoms with Gasteiger partial charge in [0.15, 0.2) is 0 Å². The van der Waals surface area contributed by atoms with Crippen LogP contribution in [0.2, 0.25) is 0 Å². The minimum absolute atomic E-state index is 0.443. The molecule has 0 saturated carbocycles. The van der Waals surface area contributed by atoms with Crippen LogP contribution in [0.3, 0.4) is 0 Å². The molecule has 3 rings (SSSR count). The number of hydrogen-bond donors (Lipinski definition) is 1. The van der Waals surface area contributed by atoms with Crippen LogP contribution >= 0.6 is 0 Å². The Morgan fingerprint density at radius 3 is 2.60 bits per heavy atom. The van der Waals surface area contributed by atoms with Gasteiger partial charge in [-0.15, -0.1) is 0 Å². The smallest absolute Gasteiger partial charge is 0.296 e. The summed E-state index contributed by atoms with van der Waals surface area (Å²) in [5.74, 6) is -0.983. The Labute approximate surface area is 85.7 Å². The van der Waals surface area contributed by atoms with Crippen LogP contribution in [-0.2, 0) is 4.79 Å². The molecule has 3 heteroatoms. The number of amides is 1. The summed E-state index contributed by atoms with van der Waals surface area (Å²) in [5, 5.41) is 4.36. The van der Waals surface area contributed by atoms with Gasteiger partial charge in [0.2, 0.25) is 0 Å². The molecule has 0 fully saturated rings. The van der Waals surface area contributed by atoms with Gasteiger partial charge in [-0.25, -0.2) is 0 Å². The predicted molar refractivity (Wildman–Crippen MR) is 56.9 cm³/mol. The minimum Gasteiger partial charge on any atom is -0.318 e. The highest BCUT2D eigenvalue weighted by molar-refractivity contribution is 6.53. The van der Waals surface area contributed by atoms with Crippen molar-refractivity contribution in [3.05, 3.63) is 42.0 Å². The predicted octanol–water partition coefficient (Wildman–Crippen LogP) is 1.97. The molecule has 0 bridgehead atoms. The fraction of sp³-hybridized carbons (Fsp3) is 0. The third-order valence-electron chi connectivity index (χ3n) is 2.61. The first kappa shape index (κ1) is 8.17. The summed E-state index contributed by atoms with van der Waals surface area (Å²) in [6.45, 7) is 0. The van der Waals surface area contributed by atoms with E-state index < -0.39 is 11.7 Å². The second kappa shape index (κ2) is 2.67. The van der Waals surface area contributed by atoms with Gasteiger partial charge in [0.05, 0.1) is 11.3 Å². The molecule has 1 aliphatic heterocycles. The highest BCUT2D eigenvalue weighted by atomic mass is 16.2. The van der Waals surface area contributed by atoms with Crippen molar-refractivity contribution in [2.24, 2.45) is 0 Å². The molecule has 72 valence electrons. The molecule has 0 unspecified atom stereocenters. The molecule has 1 amide bonds. The summed E-state index contributed by atoms with van der Waals surface area (Å²) in [7, 11) is 0. The van der Waals surface area contributed by atoms with Crippen molar-refractivity contribution < 1.29 is 9.59 Å². The van der Waals surface area contributed by atoms with Crippen LogP contribution in [0.15, 0.2) is 36.4 Å². The van der Waals surface area contributed by atoms with Gasteiger partial charge in [0.1, 0.15) is 0 Å². The third-order valence-corrected chi connectivity index (χ3v) is 2.61. The molecule has 0 aromatic heterocycles.